The number of thioether (sulfide) groups is 2. The molecule has 0 aliphatic carbocycles. The van der Waals surface area contributed by atoms with Crippen LogP contribution < -0.4 is 0 Å². The van der Waals surface area contributed by atoms with Crippen molar-refractivity contribution in [3.05, 3.63) is 0 Å². The molecule has 64 valence electrons. The highest BCUT2D eigenvalue weighted by atomic mass is 79.9. The third kappa shape index (κ3) is 4.91. The van der Waals surface area contributed by atoms with E-state index in [1.54, 1.807) is 0 Å². The zero-order valence-corrected chi connectivity index (χ0v) is 7.82. The van der Waals surface area contributed by atoms with E-state index in [1.807, 2.05) is 0 Å². The van der Waals surface area contributed by atoms with Crippen molar-refractivity contribution in [1.29, 1.82) is 0 Å². The highest BCUT2D eigenvalue weighted by molar-refractivity contribution is 9.09. The third-order valence-corrected chi connectivity index (χ3v) is 5.47. The van der Waals surface area contributed by atoms with Crippen LogP contribution in [0.1, 0.15) is 21.3 Å². The van der Waals surface area contributed by atoms with Crippen LogP contribution >= 0.6 is 39.5 Å². The molecule has 3 heteroatoms. The molecule has 0 aromatic rings. The van der Waals surface area contributed by atoms with Gasteiger partial charge in [-0.2, -0.15) is 0 Å². The maximum Gasteiger partial charge on any atom is 0.0599 e. The van der Waals surface area contributed by atoms with Gasteiger partial charge in [0.1, 0.15) is 0 Å². The monoisotopic (exact) mass is 244 g/mol. The Bertz CT molecular complexity index is 62.6. The van der Waals surface area contributed by atoms with Gasteiger partial charge in [-0.05, 0) is 17.9 Å². The number of halogens is 1. The van der Waals surface area contributed by atoms with Crippen molar-refractivity contribution < 1.29 is 0 Å². The predicted octanol–water partition coefficient (Wildman–Crippen LogP) is 3.85. The average Bonchev–Trinajstić information content (AvgIpc) is 1.90. The molecule has 0 radical (unpaired) electrons. The minimum absolute atomic E-state index is 0. The van der Waals surface area contributed by atoms with Gasteiger partial charge < -0.3 is 0 Å². The van der Waals surface area contributed by atoms with Gasteiger partial charge >= 0.3 is 0 Å². The molecule has 0 spiro atoms. The van der Waals surface area contributed by atoms with E-state index in [4.69, 9.17) is 0 Å². The summed E-state index contributed by atoms with van der Waals surface area (Å²) >= 11 is 7.63. The van der Waals surface area contributed by atoms with E-state index in [0.29, 0.717) is 0 Å². The normalized spacial score (nSPS) is 18.9. The van der Waals surface area contributed by atoms with E-state index in [9.17, 15) is 0 Å². The van der Waals surface area contributed by atoms with Crippen LogP contribution in [0.3, 0.4) is 0 Å². The average molecular weight is 245 g/mol. The van der Waals surface area contributed by atoms with Crippen molar-refractivity contribution in [2.24, 2.45) is 0 Å². The standard InChI is InChI=1S/C5H9BrS2.2CH4/c6-4-5-7-2-1-3-8-5;;/h5H,1-4H2;2*1H4. The van der Waals surface area contributed by atoms with Crippen LogP contribution in [0.5, 0.6) is 0 Å². The molecule has 0 aromatic carbocycles. The van der Waals surface area contributed by atoms with E-state index < -0.39 is 0 Å². The summed E-state index contributed by atoms with van der Waals surface area (Å²) < 4.78 is 0.837. The summed E-state index contributed by atoms with van der Waals surface area (Å²) in [7, 11) is 0. The number of hydrogen-bond acceptors (Lipinski definition) is 2. The van der Waals surface area contributed by atoms with Crippen molar-refractivity contribution in [3.63, 3.8) is 0 Å². The molecule has 0 bridgehead atoms. The molecule has 10 heavy (non-hydrogen) atoms. The van der Waals surface area contributed by atoms with Gasteiger partial charge in [0.05, 0.1) is 4.58 Å². The molecule has 0 atom stereocenters. The number of hydrogen-bond donors (Lipinski definition) is 0. The molecule has 1 aliphatic heterocycles. The van der Waals surface area contributed by atoms with Crippen LogP contribution in [0.25, 0.3) is 0 Å². The highest BCUT2D eigenvalue weighted by Gasteiger charge is 2.11. The van der Waals surface area contributed by atoms with Gasteiger partial charge in [0, 0.05) is 5.33 Å². The molecule has 0 aromatic heterocycles. The SMILES string of the molecule is BrCC1SCCCS1.C.C. The smallest absolute Gasteiger partial charge is 0.0599 e. The summed E-state index contributed by atoms with van der Waals surface area (Å²) in [5, 5.41) is 1.16. The van der Waals surface area contributed by atoms with Crippen LogP contribution in [0.15, 0.2) is 0 Å². The molecule has 1 fully saturated rings. The lowest BCUT2D eigenvalue weighted by molar-refractivity contribution is 1.10. The van der Waals surface area contributed by atoms with Crippen molar-refractivity contribution in [1.82, 2.24) is 0 Å². The highest BCUT2D eigenvalue weighted by Crippen LogP contribution is 2.31. The fourth-order valence-corrected chi connectivity index (χ4v) is 4.22. The molecule has 0 saturated carbocycles. The van der Waals surface area contributed by atoms with Crippen molar-refractivity contribution in [2.75, 3.05) is 16.8 Å². The lowest BCUT2D eigenvalue weighted by Crippen LogP contribution is -2.06. The molecule has 0 amide bonds. The Morgan fingerprint density at radius 2 is 1.70 bits per heavy atom. The molecule has 1 aliphatic rings. The Kier molecular flexibility index (Phi) is 11.4. The summed E-state index contributed by atoms with van der Waals surface area (Å²) in [4.78, 5) is 0. The molecule has 1 rings (SSSR count). The molecule has 1 saturated heterocycles. The summed E-state index contributed by atoms with van der Waals surface area (Å²) in [6, 6.07) is 0. The van der Waals surface area contributed by atoms with Crippen LogP contribution in [0, 0.1) is 0 Å². The number of rotatable bonds is 1. The van der Waals surface area contributed by atoms with E-state index in [2.05, 4.69) is 39.5 Å². The Balaban J connectivity index is 0. The molecule has 0 N–H and O–H groups in total. The first-order valence-electron chi connectivity index (χ1n) is 2.72. The fraction of sp³-hybridized carbons (Fsp3) is 1.00. The third-order valence-electron chi connectivity index (χ3n) is 1.02. The summed E-state index contributed by atoms with van der Waals surface area (Å²) in [6.07, 6.45) is 1.40. The van der Waals surface area contributed by atoms with Gasteiger partial charge in [-0.25, -0.2) is 0 Å². The van der Waals surface area contributed by atoms with Gasteiger partial charge in [0.15, 0.2) is 0 Å². The zero-order chi connectivity index (χ0) is 5.82. The van der Waals surface area contributed by atoms with Crippen LogP contribution in [-0.2, 0) is 0 Å². The number of alkyl halides is 1. The quantitative estimate of drug-likeness (QED) is 0.643. The van der Waals surface area contributed by atoms with Crippen LogP contribution in [0.4, 0.5) is 0 Å². The minimum atomic E-state index is 0. The Hall–Kier alpha value is 1.18. The first kappa shape index (κ1) is 13.7. The summed E-state index contributed by atoms with van der Waals surface area (Å²) in [5.74, 6) is 2.73. The van der Waals surface area contributed by atoms with E-state index >= 15 is 0 Å². The molecule has 0 nitrogen and oxygen atoms in total. The molecule has 0 unspecified atom stereocenters. The molecule has 1 heterocycles. The lowest BCUT2D eigenvalue weighted by atomic mass is 10.6. The predicted molar refractivity (Wildman–Crippen MR) is 60.6 cm³/mol. The maximum absolute atomic E-state index is 3.47. The van der Waals surface area contributed by atoms with Gasteiger partial charge in [0.2, 0.25) is 0 Å². The Labute approximate surface area is 82.0 Å². The van der Waals surface area contributed by atoms with Gasteiger partial charge in [-0.3, -0.25) is 0 Å². The second-order valence-electron chi connectivity index (χ2n) is 1.68. The van der Waals surface area contributed by atoms with E-state index in [1.165, 1.54) is 17.9 Å². The van der Waals surface area contributed by atoms with E-state index in [0.717, 1.165) is 9.91 Å². The molecular weight excluding hydrogens is 228 g/mol. The van der Waals surface area contributed by atoms with E-state index in [-0.39, 0.29) is 14.9 Å². The Morgan fingerprint density at radius 3 is 2.00 bits per heavy atom. The van der Waals surface area contributed by atoms with Crippen molar-refractivity contribution >= 4 is 39.5 Å². The lowest BCUT2D eigenvalue weighted by Gasteiger charge is -2.17. The first-order chi connectivity index (χ1) is 3.93. The molecular formula is C7H17BrS2. The second-order valence-corrected chi connectivity index (χ2v) is 5.25. The van der Waals surface area contributed by atoms with Crippen LogP contribution in [0.2, 0.25) is 0 Å². The second kappa shape index (κ2) is 8.28. The topological polar surface area (TPSA) is 0 Å². The largest absolute Gasteiger partial charge is 0.147 e. The van der Waals surface area contributed by atoms with Gasteiger partial charge in [0.25, 0.3) is 0 Å². The summed E-state index contributed by atoms with van der Waals surface area (Å²) in [5.41, 5.74) is 0. The van der Waals surface area contributed by atoms with Crippen LogP contribution in [-0.4, -0.2) is 21.4 Å². The fourth-order valence-electron chi connectivity index (χ4n) is 0.626. The zero-order valence-electron chi connectivity index (χ0n) is 4.60. The van der Waals surface area contributed by atoms with Gasteiger partial charge in [-0.1, -0.05) is 30.8 Å². The maximum atomic E-state index is 3.47. The van der Waals surface area contributed by atoms with Crippen molar-refractivity contribution in [2.45, 2.75) is 25.9 Å². The Morgan fingerprint density at radius 1 is 1.20 bits per heavy atom. The minimum Gasteiger partial charge on any atom is -0.147 e. The first-order valence-corrected chi connectivity index (χ1v) is 5.94. The van der Waals surface area contributed by atoms with Gasteiger partial charge in [-0.15, -0.1) is 23.5 Å². The summed E-state index contributed by atoms with van der Waals surface area (Å²) in [6.45, 7) is 0. The van der Waals surface area contributed by atoms with Crippen molar-refractivity contribution in [3.8, 4) is 0 Å².